The van der Waals surface area contributed by atoms with Gasteiger partial charge >= 0.3 is 6.09 Å². The summed E-state index contributed by atoms with van der Waals surface area (Å²) in [5, 5.41) is 7.14. The van der Waals surface area contributed by atoms with Gasteiger partial charge in [-0.3, -0.25) is 0 Å². The van der Waals surface area contributed by atoms with Gasteiger partial charge in [-0.2, -0.15) is 0 Å². The third kappa shape index (κ3) is 7.08. The van der Waals surface area contributed by atoms with Crippen LogP contribution in [0.4, 0.5) is 4.79 Å². The lowest BCUT2D eigenvalue weighted by molar-refractivity contribution is 0.0232. The minimum absolute atomic E-state index is 0.150. The number of amides is 1. The van der Waals surface area contributed by atoms with Crippen LogP contribution in [0.15, 0.2) is 0 Å². The summed E-state index contributed by atoms with van der Waals surface area (Å²) < 4.78 is 5.53. The van der Waals surface area contributed by atoms with Crippen molar-refractivity contribution in [2.75, 3.05) is 19.6 Å². The Labute approximate surface area is 141 Å². The van der Waals surface area contributed by atoms with Crippen molar-refractivity contribution in [3.8, 4) is 0 Å². The molecule has 2 aliphatic rings. The standard InChI is InChI=1S/C18H35N3O2/c1-14(13-15-7-5-10-20-15)19-11-6-12-21(16-8-9-16)17(22)23-18(2,3)4/h14-16,19-20H,5-13H2,1-4H3. The molecule has 1 aliphatic carbocycles. The quantitative estimate of drug-likeness (QED) is 0.674. The van der Waals surface area contributed by atoms with Crippen molar-refractivity contribution in [2.24, 2.45) is 0 Å². The molecular formula is C18H35N3O2. The van der Waals surface area contributed by atoms with Crippen LogP contribution in [0, 0.1) is 0 Å². The first-order valence-electron chi connectivity index (χ1n) is 9.31. The molecule has 1 aliphatic heterocycles. The van der Waals surface area contributed by atoms with E-state index in [-0.39, 0.29) is 6.09 Å². The number of hydrogen-bond donors (Lipinski definition) is 2. The smallest absolute Gasteiger partial charge is 0.410 e. The van der Waals surface area contributed by atoms with Crippen LogP contribution in [-0.2, 0) is 4.74 Å². The van der Waals surface area contributed by atoms with Crippen LogP contribution in [0.25, 0.3) is 0 Å². The lowest BCUT2D eigenvalue weighted by Gasteiger charge is -2.27. The summed E-state index contributed by atoms with van der Waals surface area (Å²) in [6, 6.07) is 1.62. The van der Waals surface area contributed by atoms with Crippen molar-refractivity contribution in [1.82, 2.24) is 15.5 Å². The first-order chi connectivity index (χ1) is 10.8. The number of carbonyl (C=O) groups is 1. The van der Waals surface area contributed by atoms with Crippen molar-refractivity contribution < 1.29 is 9.53 Å². The molecule has 1 saturated carbocycles. The highest BCUT2D eigenvalue weighted by Crippen LogP contribution is 2.28. The van der Waals surface area contributed by atoms with Gasteiger partial charge < -0.3 is 20.3 Å². The monoisotopic (exact) mass is 325 g/mol. The zero-order valence-electron chi connectivity index (χ0n) is 15.4. The van der Waals surface area contributed by atoms with E-state index in [1.54, 1.807) is 0 Å². The third-order valence-electron chi connectivity index (χ3n) is 4.48. The minimum atomic E-state index is -0.411. The van der Waals surface area contributed by atoms with Crippen LogP contribution < -0.4 is 10.6 Å². The molecule has 1 amide bonds. The van der Waals surface area contributed by atoms with Gasteiger partial charge in [-0.25, -0.2) is 4.79 Å². The summed E-state index contributed by atoms with van der Waals surface area (Å²) in [5.74, 6) is 0. The second-order valence-electron chi connectivity index (χ2n) is 8.14. The van der Waals surface area contributed by atoms with Crippen molar-refractivity contribution >= 4 is 6.09 Å². The molecule has 0 spiro atoms. The maximum Gasteiger partial charge on any atom is 0.410 e. The summed E-state index contributed by atoms with van der Waals surface area (Å²) in [6.07, 6.45) is 6.89. The van der Waals surface area contributed by atoms with Gasteiger partial charge in [0.15, 0.2) is 0 Å². The molecule has 0 aromatic heterocycles. The molecule has 2 atom stereocenters. The van der Waals surface area contributed by atoms with E-state index in [0.717, 1.165) is 32.4 Å². The average Bonchev–Trinajstić information content (AvgIpc) is 3.14. The Hall–Kier alpha value is -0.810. The Kier molecular flexibility index (Phi) is 6.72. The molecule has 2 unspecified atom stereocenters. The van der Waals surface area contributed by atoms with E-state index in [1.165, 1.54) is 25.8 Å². The Balaban J connectivity index is 1.63. The Morgan fingerprint density at radius 1 is 1.35 bits per heavy atom. The van der Waals surface area contributed by atoms with Crippen molar-refractivity contribution in [2.45, 2.75) is 89.9 Å². The summed E-state index contributed by atoms with van der Waals surface area (Å²) >= 11 is 0. The molecule has 134 valence electrons. The highest BCUT2D eigenvalue weighted by molar-refractivity contribution is 5.69. The normalized spacial score (nSPS) is 22.9. The minimum Gasteiger partial charge on any atom is -0.444 e. The van der Waals surface area contributed by atoms with Gasteiger partial charge in [0, 0.05) is 24.7 Å². The maximum atomic E-state index is 12.3. The Morgan fingerprint density at radius 3 is 2.65 bits per heavy atom. The molecule has 23 heavy (non-hydrogen) atoms. The molecular weight excluding hydrogens is 290 g/mol. The summed E-state index contributed by atoms with van der Waals surface area (Å²) in [4.78, 5) is 14.2. The van der Waals surface area contributed by atoms with Crippen LogP contribution in [-0.4, -0.2) is 54.4 Å². The second-order valence-corrected chi connectivity index (χ2v) is 8.14. The molecule has 0 bridgehead atoms. The van der Waals surface area contributed by atoms with E-state index in [9.17, 15) is 4.79 Å². The van der Waals surface area contributed by atoms with Crippen molar-refractivity contribution in [3.05, 3.63) is 0 Å². The molecule has 1 saturated heterocycles. The van der Waals surface area contributed by atoms with Crippen LogP contribution in [0.3, 0.4) is 0 Å². The molecule has 0 aromatic carbocycles. The van der Waals surface area contributed by atoms with Crippen LogP contribution in [0.2, 0.25) is 0 Å². The van der Waals surface area contributed by atoms with Crippen LogP contribution in [0.5, 0.6) is 0 Å². The van der Waals surface area contributed by atoms with E-state index in [2.05, 4.69) is 17.6 Å². The van der Waals surface area contributed by atoms with Crippen LogP contribution in [0.1, 0.15) is 66.2 Å². The van der Waals surface area contributed by atoms with Gasteiger partial charge in [0.05, 0.1) is 0 Å². The van der Waals surface area contributed by atoms with Gasteiger partial charge in [0.1, 0.15) is 5.60 Å². The summed E-state index contributed by atoms with van der Waals surface area (Å²) in [6.45, 7) is 11.0. The van der Waals surface area contributed by atoms with E-state index >= 15 is 0 Å². The second kappa shape index (κ2) is 8.34. The Morgan fingerprint density at radius 2 is 2.09 bits per heavy atom. The predicted molar refractivity (Wildman–Crippen MR) is 93.7 cm³/mol. The average molecular weight is 325 g/mol. The number of carbonyl (C=O) groups excluding carboxylic acids is 1. The van der Waals surface area contributed by atoms with Gasteiger partial charge in [0.25, 0.3) is 0 Å². The topological polar surface area (TPSA) is 53.6 Å². The first kappa shape index (κ1) is 18.5. The number of rotatable bonds is 8. The highest BCUT2D eigenvalue weighted by atomic mass is 16.6. The lowest BCUT2D eigenvalue weighted by atomic mass is 10.1. The number of nitrogens with zero attached hydrogens (tertiary/aromatic N) is 1. The van der Waals surface area contributed by atoms with Crippen LogP contribution >= 0.6 is 0 Å². The van der Waals surface area contributed by atoms with Gasteiger partial charge in [-0.15, -0.1) is 0 Å². The van der Waals surface area contributed by atoms with Gasteiger partial charge in [0.2, 0.25) is 0 Å². The summed E-state index contributed by atoms with van der Waals surface area (Å²) in [5.41, 5.74) is -0.411. The van der Waals surface area contributed by atoms with Crippen molar-refractivity contribution in [1.29, 1.82) is 0 Å². The number of ether oxygens (including phenoxy) is 1. The fraction of sp³-hybridized carbons (Fsp3) is 0.944. The van der Waals surface area contributed by atoms with Gasteiger partial charge in [-0.1, -0.05) is 0 Å². The zero-order chi connectivity index (χ0) is 16.9. The fourth-order valence-corrected chi connectivity index (χ4v) is 3.20. The number of nitrogens with one attached hydrogen (secondary N) is 2. The molecule has 5 nitrogen and oxygen atoms in total. The number of hydrogen-bond acceptors (Lipinski definition) is 4. The molecule has 2 rings (SSSR count). The molecule has 2 fully saturated rings. The largest absolute Gasteiger partial charge is 0.444 e. The first-order valence-corrected chi connectivity index (χ1v) is 9.31. The van der Waals surface area contributed by atoms with E-state index in [0.29, 0.717) is 18.1 Å². The molecule has 0 aromatic rings. The SMILES string of the molecule is CC(CC1CCCN1)NCCCN(C(=O)OC(C)(C)C)C1CC1. The van der Waals surface area contributed by atoms with E-state index in [4.69, 9.17) is 4.74 Å². The van der Waals surface area contributed by atoms with Gasteiger partial charge in [-0.05, 0) is 79.3 Å². The molecule has 5 heteroatoms. The predicted octanol–water partition coefficient (Wildman–Crippen LogP) is 2.90. The van der Waals surface area contributed by atoms with Crippen molar-refractivity contribution in [3.63, 3.8) is 0 Å². The lowest BCUT2D eigenvalue weighted by Crippen LogP contribution is -2.40. The Bertz CT molecular complexity index is 371. The highest BCUT2D eigenvalue weighted by Gasteiger charge is 2.34. The van der Waals surface area contributed by atoms with E-state index in [1.807, 2.05) is 25.7 Å². The summed E-state index contributed by atoms with van der Waals surface area (Å²) in [7, 11) is 0. The van der Waals surface area contributed by atoms with E-state index < -0.39 is 5.60 Å². The molecule has 0 radical (unpaired) electrons. The maximum absolute atomic E-state index is 12.3. The molecule has 2 N–H and O–H groups in total. The zero-order valence-corrected chi connectivity index (χ0v) is 15.4. The fourth-order valence-electron chi connectivity index (χ4n) is 3.20. The molecule has 1 heterocycles. The third-order valence-corrected chi connectivity index (χ3v) is 4.48.